The molecule has 20 heavy (non-hydrogen) atoms. The number of aryl methyl sites for hydroxylation is 1. The van der Waals surface area contributed by atoms with Gasteiger partial charge in [0.05, 0.1) is 18.4 Å². The van der Waals surface area contributed by atoms with Gasteiger partial charge in [0.2, 0.25) is 0 Å². The molecule has 7 heteroatoms. The first-order valence-electron chi connectivity index (χ1n) is 6.48. The second-order valence-corrected chi connectivity index (χ2v) is 5.75. The molecule has 0 amide bonds. The molecule has 6 nitrogen and oxygen atoms in total. The lowest BCUT2D eigenvalue weighted by Crippen LogP contribution is -2.22. The van der Waals surface area contributed by atoms with Crippen LogP contribution in [-0.4, -0.2) is 26.5 Å². The van der Waals surface area contributed by atoms with E-state index in [1.165, 1.54) is 0 Å². The maximum Gasteiger partial charge on any atom is 0.298 e. The first-order chi connectivity index (χ1) is 9.79. The Labute approximate surface area is 123 Å². The van der Waals surface area contributed by atoms with Gasteiger partial charge in [-0.05, 0) is 24.6 Å². The van der Waals surface area contributed by atoms with Crippen LogP contribution in [0.25, 0.3) is 11.1 Å². The maximum atomic E-state index is 5.85. The molecule has 1 aliphatic heterocycles. The largest absolute Gasteiger partial charge is 0.423 e. The van der Waals surface area contributed by atoms with E-state index < -0.39 is 0 Å². The second kappa shape index (κ2) is 4.59. The van der Waals surface area contributed by atoms with Gasteiger partial charge in [0.15, 0.2) is 5.58 Å². The van der Waals surface area contributed by atoms with Crippen LogP contribution >= 0.6 is 15.9 Å². The summed E-state index contributed by atoms with van der Waals surface area (Å²) < 4.78 is 8.80. The molecule has 0 radical (unpaired) electrons. The molecule has 0 unspecified atom stereocenters. The van der Waals surface area contributed by atoms with E-state index in [4.69, 9.17) is 4.42 Å². The Kier molecular flexibility index (Phi) is 2.73. The Morgan fingerprint density at radius 1 is 1.25 bits per heavy atom. The second-order valence-electron chi connectivity index (χ2n) is 4.83. The van der Waals surface area contributed by atoms with Gasteiger partial charge in [0, 0.05) is 17.6 Å². The lowest BCUT2D eigenvalue weighted by atomic mass is 10.3. The topological polar surface area (TPSA) is 60.0 Å². The third-order valence-corrected chi connectivity index (χ3v) is 3.95. The molecule has 3 heterocycles. The van der Waals surface area contributed by atoms with Crippen molar-refractivity contribution in [2.75, 3.05) is 11.4 Å². The number of hydrogen-bond acceptors (Lipinski definition) is 5. The lowest BCUT2D eigenvalue weighted by Gasteiger charge is -2.16. The summed E-state index contributed by atoms with van der Waals surface area (Å²) in [5.74, 6) is 0. The van der Waals surface area contributed by atoms with Crippen LogP contribution < -0.4 is 4.90 Å². The Hall–Kier alpha value is -1.89. The summed E-state index contributed by atoms with van der Waals surface area (Å²) in [6.45, 7) is 2.51. The molecule has 0 aliphatic carbocycles. The molecule has 0 fully saturated rings. The Morgan fingerprint density at radius 3 is 3.15 bits per heavy atom. The number of nitrogens with zero attached hydrogens (tertiary/aromatic N) is 5. The van der Waals surface area contributed by atoms with Crippen LogP contribution in [-0.2, 0) is 13.1 Å². The number of aromatic nitrogens is 4. The molecular weight excluding hydrogens is 322 g/mol. The fourth-order valence-electron chi connectivity index (χ4n) is 2.46. The molecule has 0 saturated carbocycles. The highest BCUT2D eigenvalue weighted by Crippen LogP contribution is 2.26. The molecule has 0 bridgehead atoms. The van der Waals surface area contributed by atoms with E-state index in [9.17, 15) is 0 Å². The van der Waals surface area contributed by atoms with Gasteiger partial charge >= 0.3 is 0 Å². The van der Waals surface area contributed by atoms with Gasteiger partial charge in [0.25, 0.3) is 6.01 Å². The van der Waals surface area contributed by atoms with Crippen molar-refractivity contribution >= 4 is 33.0 Å². The predicted octanol–water partition coefficient (Wildman–Crippen LogP) is 2.59. The van der Waals surface area contributed by atoms with Crippen molar-refractivity contribution in [3.63, 3.8) is 0 Å². The monoisotopic (exact) mass is 333 g/mol. The highest BCUT2D eigenvalue weighted by molar-refractivity contribution is 9.10. The van der Waals surface area contributed by atoms with Crippen molar-refractivity contribution in [1.82, 2.24) is 20.0 Å². The summed E-state index contributed by atoms with van der Waals surface area (Å²) in [5, 5.41) is 8.04. The summed E-state index contributed by atoms with van der Waals surface area (Å²) in [6, 6.07) is 6.51. The highest BCUT2D eigenvalue weighted by atomic mass is 79.9. The number of benzene rings is 1. The van der Waals surface area contributed by atoms with E-state index in [2.05, 4.69) is 36.1 Å². The van der Waals surface area contributed by atoms with Crippen LogP contribution in [0.15, 0.2) is 33.3 Å². The molecule has 1 aliphatic rings. The van der Waals surface area contributed by atoms with E-state index in [-0.39, 0.29) is 0 Å². The van der Waals surface area contributed by atoms with Gasteiger partial charge < -0.3 is 9.32 Å². The molecule has 0 atom stereocenters. The number of oxazole rings is 1. The zero-order valence-corrected chi connectivity index (χ0v) is 12.2. The molecule has 0 N–H and O–H groups in total. The Balaban J connectivity index is 1.71. The van der Waals surface area contributed by atoms with Crippen LogP contribution in [0.2, 0.25) is 0 Å². The van der Waals surface area contributed by atoms with Crippen molar-refractivity contribution in [3.05, 3.63) is 34.6 Å². The summed E-state index contributed by atoms with van der Waals surface area (Å²) in [5.41, 5.74) is 2.76. The predicted molar refractivity (Wildman–Crippen MR) is 77.4 cm³/mol. The van der Waals surface area contributed by atoms with Gasteiger partial charge in [-0.15, -0.1) is 5.10 Å². The van der Waals surface area contributed by atoms with Gasteiger partial charge in [0.1, 0.15) is 5.52 Å². The van der Waals surface area contributed by atoms with Crippen molar-refractivity contribution in [3.8, 4) is 0 Å². The number of fused-ring (bicyclic) bond motifs is 2. The van der Waals surface area contributed by atoms with Crippen LogP contribution in [0, 0.1) is 0 Å². The normalized spacial score (nSPS) is 15.3. The van der Waals surface area contributed by atoms with E-state index in [1.807, 2.05) is 22.9 Å². The molecule has 0 spiro atoms. The number of rotatable bonds is 1. The van der Waals surface area contributed by atoms with Crippen molar-refractivity contribution in [2.45, 2.75) is 19.5 Å². The van der Waals surface area contributed by atoms with Gasteiger partial charge in [-0.2, -0.15) is 4.98 Å². The first kappa shape index (κ1) is 11.9. The number of halogens is 1. The minimum Gasteiger partial charge on any atom is -0.423 e. The van der Waals surface area contributed by atoms with E-state index in [0.717, 1.165) is 47.3 Å². The zero-order chi connectivity index (χ0) is 13.5. The average molecular weight is 334 g/mol. The minimum atomic E-state index is 0.660. The van der Waals surface area contributed by atoms with Crippen LogP contribution in [0.1, 0.15) is 12.1 Å². The number of hydrogen-bond donors (Lipinski definition) is 0. The smallest absolute Gasteiger partial charge is 0.298 e. The lowest BCUT2D eigenvalue weighted by molar-refractivity contribution is 0.553. The fraction of sp³-hybridized carbons (Fsp3) is 0.308. The maximum absolute atomic E-state index is 5.85. The molecule has 4 rings (SSSR count). The molecule has 2 aromatic heterocycles. The molecule has 0 saturated heterocycles. The van der Waals surface area contributed by atoms with Crippen LogP contribution in [0.4, 0.5) is 6.01 Å². The van der Waals surface area contributed by atoms with Gasteiger partial charge in [-0.1, -0.05) is 21.1 Å². The average Bonchev–Trinajstić information content (AvgIpc) is 3.00. The van der Waals surface area contributed by atoms with E-state index >= 15 is 0 Å². The third kappa shape index (κ3) is 1.98. The molecule has 1 aromatic carbocycles. The summed E-state index contributed by atoms with van der Waals surface area (Å²) >= 11 is 3.45. The minimum absolute atomic E-state index is 0.660. The summed E-state index contributed by atoms with van der Waals surface area (Å²) in [6.07, 6.45) is 2.80. The van der Waals surface area contributed by atoms with E-state index in [1.54, 1.807) is 6.20 Å². The first-order valence-corrected chi connectivity index (χ1v) is 7.27. The molecular formula is C13H12BrN5O. The Bertz CT molecular complexity index is 765. The summed E-state index contributed by atoms with van der Waals surface area (Å²) in [7, 11) is 0. The third-order valence-electron chi connectivity index (χ3n) is 3.46. The van der Waals surface area contributed by atoms with Crippen LogP contribution in [0.5, 0.6) is 0 Å². The Morgan fingerprint density at radius 2 is 2.20 bits per heavy atom. The van der Waals surface area contributed by atoms with Crippen molar-refractivity contribution < 1.29 is 4.42 Å². The summed E-state index contributed by atoms with van der Waals surface area (Å²) in [4.78, 5) is 6.71. The van der Waals surface area contributed by atoms with E-state index in [0.29, 0.717) is 6.01 Å². The van der Waals surface area contributed by atoms with Crippen molar-refractivity contribution in [1.29, 1.82) is 0 Å². The van der Waals surface area contributed by atoms with Gasteiger partial charge in [-0.3, -0.25) is 0 Å². The van der Waals surface area contributed by atoms with Crippen molar-refractivity contribution in [2.24, 2.45) is 0 Å². The number of anilines is 1. The molecule has 3 aromatic rings. The molecule has 102 valence electrons. The highest BCUT2D eigenvalue weighted by Gasteiger charge is 2.19. The SMILES string of the molecule is Brc1ccc2oc(N3CCCn4nncc4C3)nc2c1. The van der Waals surface area contributed by atoms with Crippen LogP contribution in [0.3, 0.4) is 0 Å². The van der Waals surface area contributed by atoms with Gasteiger partial charge in [-0.25, -0.2) is 4.68 Å². The standard InChI is InChI=1S/C13H12BrN5O/c14-9-2-3-12-11(6-9)16-13(20-12)18-4-1-5-19-10(8-18)7-15-17-19/h2-3,6-7H,1,4-5,8H2. The zero-order valence-electron chi connectivity index (χ0n) is 10.7. The quantitative estimate of drug-likeness (QED) is 0.685. The fourth-order valence-corrected chi connectivity index (χ4v) is 2.81.